The molecule has 3 N–H and O–H groups in total. The summed E-state index contributed by atoms with van der Waals surface area (Å²) in [5.41, 5.74) is 2.32. The van der Waals surface area contributed by atoms with E-state index in [-0.39, 0.29) is 24.9 Å². The zero-order valence-electron chi connectivity index (χ0n) is 10.5. The van der Waals surface area contributed by atoms with Gasteiger partial charge in [0.05, 0.1) is 30.2 Å². The second-order valence-electron chi connectivity index (χ2n) is 4.42. The summed E-state index contributed by atoms with van der Waals surface area (Å²) in [7, 11) is 0. The van der Waals surface area contributed by atoms with Crippen LogP contribution >= 0.6 is 0 Å². The van der Waals surface area contributed by atoms with Gasteiger partial charge in [0.1, 0.15) is 0 Å². The standard InChI is InChI=1S/C11H17N5O2/c1-7-11(8(2)15-14-7)13-10(18)6-16-4-3-12-9(17)5-16/h3-6H2,1-2H3,(H,12,17)(H,13,18)(H,14,15). The zero-order chi connectivity index (χ0) is 13.1. The number of aromatic amines is 1. The van der Waals surface area contributed by atoms with Crippen LogP contribution in [0.25, 0.3) is 0 Å². The second-order valence-corrected chi connectivity index (χ2v) is 4.42. The Morgan fingerprint density at radius 2 is 2.28 bits per heavy atom. The number of carbonyl (C=O) groups excluding carboxylic acids is 2. The van der Waals surface area contributed by atoms with Crippen LogP contribution in [0, 0.1) is 13.8 Å². The summed E-state index contributed by atoms with van der Waals surface area (Å²) >= 11 is 0. The molecule has 1 fully saturated rings. The molecule has 0 radical (unpaired) electrons. The molecular formula is C11H17N5O2. The van der Waals surface area contributed by atoms with E-state index in [9.17, 15) is 9.59 Å². The van der Waals surface area contributed by atoms with Crippen molar-refractivity contribution in [3.63, 3.8) is 0 Å². The Hall–Kier alpha value is -1.89. The van der Waals surface area contributed by atoms with Crippen molar-refractivity contribution in [1.82, 2.24) is 20.4 Å². The second kappa shape index (κ2) is 5.18. The third-order valence-corrected chi connectivity index (χ3v) is 2.88. The van der Waals surface area contributed by atoms with Crippen LogP contribution in [0.2, 0.25) is 0 Å². The molecule has 0 bridgehead atoms. The summed E-state index contributed by atoms with van der Waals surface area (Å²) in [6.45, 7) is 5.46. The van der Waals surface area contributed by atoms with Crippen molar-refractivity contribution in [3.8, 4) is 0 Å². The summed E-state index contributed by atoms with van der Waals surface area (Å²) in [6.07, 6.45) is 0. The van der Waals surface area contributed by atoms with Gasteiger partial charge >= 0.3 is 0 Å². The Labute approximate surface area is 105 Å². The molecule has 0 spiro atoms. The van der Waals surface area contributed by atoms with Gasteiger partial charge in [-0.05, 0) is 13.8 Å². The van der Waals surface area contributed by atoms with E-state index in [1.54, 1.807) is 0 Å². The van der Waals surface area contributed by atoms with Crippen LogP contribution in [-0.4, -0.2) is 53.1 Å². The summed E-state index contributed by atoms with van der Waals surface area (Å²) in [5, 5.41) is 12.4. The van der Waals surface area contributed by atoms with Crippen molar-refractivity contribution in [2.24, 2.45) is 0 Å². The fraction of sp³-hybridized carbons (Fsp3) is 0.545. The highest BCUT2D eigenvalue weighted by atomic mass is 16.2. The largest absolute Gasteiger partial charge is 0.354 e. The van der Waals surface area contributed by atoms with Gasteiger partial charge in [0.25, 0.3) is 0 Å². The Balaban J connectivity index is 1.91. The van der Waals surface area contributed by atoms with Crippen LogP contribution in [0.3, 0.4) is 0 Å². The molecule has 98 valence electrons. The first kappa shape index (κ1) is 12.6. The molecule has 0 saturated carbocycles. The van der Waals surface area contributed by atoms with E-state index in [0.29, 0.717) is 13.1 Å². The number of anilines is 1. The number of carbonyl (C=O) groups is 2. The maximum atomic E-state index is 11.9. The third kappa shape index (κ3) is 2.86. The number of aryl methyl sites for hydroxylation is 2. The van der Waals surface area contributed by atoms with Crippen LogP contribution in [0.5, 0.6) is 0 Å². The van der Waals surface area contributed by atoms with Crippen molar-refractivity contribution < 1.29 is 9.59 Å². The van der Waals surface area contributed by atoms with Crippen LogP contribution in [0.15, 0.2) is 0 Å². The van der Waals surface area contributed by atoms with Crippen molar-refractivity contribution in [3.05, 3.63) is 11.4 Å². The molecule has 1 aromatic heterocycles. The normalized spacial score (nSPS) is 16.4. The third-order valence-electron chi connectivity index (χ3n) is 2.88. The van der Waals surface area contributed by atoms with Crippen molar-refractivity contribution in [2.45, 2.75) is 13.8 Å². The molecule has 0 aromatic carbocycles. The van der Waals surface area contributed by atoms with E-state index in [1.165, 1.54) is 0 Å². The molecule has 18 heavy (non-hydrogen) atoms. The van der Waals surface area contributed by atoms with E-state index in [1.807, 2.05) is 18.7 Å². The fourth-order valence-electron chi connectivity index (χ4n) is 1.94. The predicted octanol–water partition coefficient (Wildman–Crippen LogP) is -0.603. The summed E-state index contributed by atoms with van der Waals surface area (Å²) in [4.78, 5) is 24.9. The predicted molar refractivity (Wildman–Crippen MR) is 66.1 cm³/mol. The number of hydrogen-bond donors (Lipinski definition) is 3. The number of amides is 2. The minimum atomic E-state index is -0.127. The highest BCUT2D eigenvalue weighted by molar-refractivity contribution is 5.93. The first-order valence-electron chi connectivity index (χ1n) is 5.86. The van der Waals surface area contributed by atoms with Gasteiger partial charge in [0.15, 0.2) is 0 Å². The maximum Gasteiger partial charge on any atom is 0.238 e. The van der Waals surface area contributed by atoms with E-state index in [0.717, 1.165) is 17.1 Å². The molecule has 1 aliphatic heterocycles. The number of piperazine rings is 1. The van der Waals surface area contributed by atoms with Gasteiger partial charge in [0, 0.05) is 13.1 Å². The first-order valence-corrected chi connectivity index (χ1v) is 5.86. The lowest BCUT2D eigenvalue weighted by Crippen LogP contribution is -2.49. The monoisotopic (exact) mass is 251 g/mol. The molecular weight excluding hydrogens is 234 g/mol. The van der Waals surface area contributed by atoms with Crippen molar-refractivity contribution in [1.29, 1.82) is 0 Å². The number of nitrogens with zero attached hydrogens (tertiary/aromatic N) is 2. The van der Waals surface area contributed by atoms with Crippen LogP contribution in [0.4, 0.5) is 5.69 Å². The van der Waals surface area contributed by atoms with Crippen LogP contribution in [0.1, 0.15) is 11.4 Å². The van der Waals surface area contributed by atoms with E-state index in [4.69, 9.17) is 0 Å². The molecule has 0 unspecified atom stereocenters. The average Bonchev–Trinajstić information content (AvgIpc) is 2.61. The van der Waals surface area contributed by atoms with Gasteiger partial charge in [-0.1, -0.05) is 0 Å². The number of aromatic nitrogens is 2. The van der Waals surface area contributed by atoms with Gasteiger partial charge in [-0.2, -0.15) is 5.10 Å². The molecule has 0 aliphatic carbocycles. The Morgan fingerprint density at radius 3 is 2.89 bits per heavy atom. The SMILES string of the molecule is Cc1n[nH]c(C)c1NC(=O)CN1CCNC(=O)C1. The minimum absolute atomic E-state index is 0.0373. The minimum Gasteiger partial charge on any atom is -0.354 e. The molecule has 7 nitrogen and oxygen atoms in total. The Bertz CT molecular complexity index is 448. The molecule has 2 heterocycles. The van der Waals surface area contributed by atoms with E-state index in [2.05, 4.69) is 20.8 Å². The molecule has 1 saturated heterocycles. The van der Waals surface area contributed by atoms with Crippen molar-refractivity contribution >= 4 is 17.5 Å². The van der Waals surface area contributed by atoms with Gasteiger partial charge < -0.3 is 10.6 Å². The lowest BCUT2D eigenvalue weighted by atomic mass is 10.3. The van der Waals surface area contributed by atoms with E-state index >= 15 is 0 Å². The number of hydrogen-bond acceptors (Lipinski definition) is 4. The van der Waals surface area contributed by atoms with Crippen molar-refractivity contribution in [2.75, 3.05) is 31.5 Å². The molecule has 7 heteroatoms. The summed E-state index contributed by atoms with van der Waals surface area (Å²) < 4.78 is 0. The lowest BCUT2D eigenvalue weighted by Gasteiger charge is -2.25. The number of nitrogens with one attached hydrogen (secondary N) is 3. The Morgan fingerprint density at radius 1 is 1.50 bits per heavy atom. The maximum absolute atomic E-state index is 11.9. The molecule has 0 atom stereocenters. The van der Waals surface area contributed by atoms with Gasteiger partial charge in [-0.15, -0.1) is 0 Å². The number of rotatable bonds is 3. The summed E-state index contributed by atoms with van der Waals surface area (Å²) in [6, 6.07) is 0. The zero-order valence-corrected chi connectivity index (χ0v) is 10.5. The number of H-pyrrole nitrogens is 1. The smallest absolute Gasteiger partial charge is 0.238 e. The van der Waals surface area contributed by atoms with E-state index < -0.39 is 0 Å². The molecule has 1 aliphatic rings. The molecule has 2 rings (SSSR count). The first-order chi connectivity index (χ1) is 8.56. The van der Waals surface area contributed by atoms with Crippen LogP contribution in [-0.2, 0) is 9.59 Å². The van der Waals surface area contributed by atoms with Gasteiger partial charge in [-0.25, -0.2) is 0 Å². The highest BCUT2D eigenvalue weighted by Crippen LogP contribution is 2.15. The summed E-state index contributed by atoms with van der Waals surface area (Å²) in [5.74, 6) is -0.165. The van der Waals surface area contributed by atoms with Crippen LogP contribution < -0.4 is 10.6 Å². The van der Waals surface area contributed by atoms with Gasteiger partial charge in [-0.3, -0.25) is 19.6 Å². The Kier molecular flexibility index (Phi) is 3.61. The quantitative estimate of drug-likeness (QED) is 0.669. The average molecular weight is 251 g/mol. The fourth-order valence-corrected chi connectivity index (χ4v) is 1.94. The lowest BCUT2D eigenvalue weighted by molar-refractivity contribution is -0.125. The topological polar surface area (TPSA) is 90.1 Å². The van der Waals surface area contributed by atoms with Gasteiger partial charge in [0.2, 0.25) is 11.8 Å². The molecule has 1 aromatic rings. The highest BCUT2D eigenvalue weighted by Gasteiger charge is 2.19. The molecule has 2 amide bonds.